The van der Waals surface area contributed by atoms with Crippen molar-refractivity contribution < 1.29 is 14.6 Å². The topological polar surface area (TPSA) is 58.6 Å². The van der Waals surface area contributed by atoms with Gasteiger partial charge in [0.25, 0.3) is 0 Å². The van der Waals surface area contributed by atoms with Crippen LogP contribution in [0.3, 0.4) is 0 Å². The lowest BCUT2D eigenvalue weighted by Crippen LogP contribution is -2.55. The fraction of sp³-hybridized carbons (Fsp3) is 0.929. The van der Waals surface area contributed by atoms with E-state index in [2.05, 4.69) is 12.2 Å². The van der Waals surface area contributed by atoms with Crippen LogP contribution in [0, 0.1) is 11.3 Å². The number of carbonyl (C=O) groups is 1. The van der Waals surface area contributed by atoms with Crippen LogP contribution < -0.4 is 5.32 Å². The SMILES string of the molecule is COC(=O)C(C)(C)CNC1(CO)CCCC(C)C1. The molecule has 0 aromatic rings. The zero-order chi connectivity index (χ0) is 13.8. The van der Waals surface area contributed by atoms with E-state index in [4.69, 9.17) is 4.74 Å². The Balaban J connectivity index is 2.61. The van der Waals surface area contributed by atoms with Gasteiger partial charge in [0.2, 0.25) is 0 Å². The van der Waals surface area contributed by atoms with Gasteiger partial charge in [0.15, 0.2) is 0 Å². The normalized spacial score (nSPS) is 29.1. The average Bonchev–Trinajstić information content (AvgIpc) is 2.35. The smallest absolute Gasteiger partial charge is 0.312 e. The molecule has 106 valence electrons. The van der Waals surface area contributed by atoms with Gasteiger partial charge in [0.05, 0.1) is 19.1 Å². The molecule has 0 spiro atoms. The summed E-state index contributed by atoms with van der Waals surface area (Å²) in [4.78, 5) is 11.6. The summed E-state index contributed by atoms with van der Waals surface area (Å²) < 4.78 is 4.80. The van der Waals surface area contributed by atoms with Gasteiger partial charge in [-0.3, -0.25) is 4.79 Å². The van der Waals surface area contributed by atoms with Crippen LogP contribution >= 0.6 is 0 Å². The minimum absolute atomic E-state index is 0.134. The largest absolute Gasteiger partial charge is 0.469 e. The van der Waals surface area contributed by atoms with Crippen LogP contribution in [0.1, 0.15) is 46.5 Å². The number of rotatable bonds is 5. The molecule has 0 aliphatic heterocycles. The standard InChI is InChI=1S/C14H27NO3/c1-11-6-5-7-14(8-11,10-16)15-9-13(2,3)12(17)18-4/h11,15-16H,5-10H2,1-4H3. The van der Waals surface area contributed by atoms with Crippen molar-refractivity contribution in [1.82, 2.24) is 5.32 Å². The summed E-state index contributed by atoms with van der Waals surface area (Å²) in [7, 11) is 1.41. The molecular formula is C14H27NO3. The van der Waals surface area contributed by atoms with Crippen LogP contribution in [0.15, 0.2) is 0 Å². The highest BCUT2D eigenvalue weighted by Gasteiger charge is 2.37. The van der Waals surface area contributed by atoms with Crippen LogP contribution in [0.4, 0.5) is 0 Å². The third-order valence-corrected chi connectivity index (χ3v) is 4.04. The Morgan fingerprint density at radius 3 is 2.72 bits per heavy atom. The van der Waals surface area contributed by atoms with Crippen LogP contribution in [0.5, 0.6) is 0 Å². The van der Waals surface area contributed by atoms with E-state index in [0.717, 1.165) is 19.3 Å². The number of carbonyl (C=O) groups excluding carboxylic acids is 1. The first-order valence-electron chi connectivity index (χ1n) is 6.79. The highest BCUT2D eigenvalue weighted by molar-refractivity contribution is 5.76. The van der Waals surface area contributed by atoms with Gasteiger partial charge in [0.1, 0.15) is 0 Å². The maximum Gasteiger partial charge on any atom is 0.312 e. The van der Waals surface area contributed by atoms with Crippen molar-refractivity contribution >= 4 is 5.97 Å². The number of ether oxygens (including phenoxy) is 1. The van der Waals surface area contributed by atoms with E-state index >= 15 is 0 Å². The minimum Gasteiger partial charge on any atom is -0.469 e. The summed E-state index contributed by atoms with van der Waals surface area (Å²) in [5.74, 6) is 0.409. The van der Waals surface area contributed by atoms with Gasteiger partial charge in [0, 0.05) is 12.1 Å². The Bertz CT molecular complexity index is 291. The lowest BCUT2D eigenvalue weighted by atomic mass is 9.76. The Kier molecular flexibility index (Phi) is 5.17. The number of esters is 1. The second kappa shape index (κ2) is 6.02. The first-order chi connectivity index (χ1) is 8.35. The van der Waals surface area contributed by atoms with E-state index in [-0.39, 0.29) is 18.1 Å². The summed E-state index contributed by atoms with van der Waals surface area (Å²) in [5, 5.41) is 13.1. The zero-order valence-corrected chi connectivity index (χ0v) is 12.1. The fourth-order valence-electron chi connectivity index (χ4n) is 2.78. The lowest BCUT2D eigenvalue weighted by molar-refractivity contribution is -0.150. The van der Waals surface area contributed by atoms with Crippen LogP contribution in [0.25, 0.3) is 0 Å². The molecule has 1 aliphatic rings. The van der Waals surface area contributed by atoms with Crippen LogP contribution in [-0.4, -0.2) is 36.9 Å². The van der Waals surface area contributed by atoms with Gasteiger partial charge in [-0.25, -0.2) is 0 Å². The van der Waals surface area contributed by atoms with Crippen molar-refractivity contribution in [3.05, 3.63) is 0 Å². The van der Waals surface area contributed by atoms with E-state index in [0.29, 0.717) is 12.5 Å². The van der Waals surface area contributed by atoms with Crippen molar-refractivity contribution in [2.24, 2.45) is 11.3 Å². The maximum absolute atomic E-state index is 11.6. The summed E-state index contributed by atoms with van der Waals surface area (Å²) in [6.07, 6.45) is 4.31. The van der Waals surface area contributed by atoms with Crippen LogP contribution in [-0.2, 0) is 9.53 Å². The second-order valence-electron chi connectivity index (χ2n) is 6.37. The van der Waals surface area contributed by atoms with Crippen molar-refractivity contribution in [2.45, 2.75) is 52.0 Å². The third-order valence-electron chi connectivity index (χ3n) is 4.04. The van der Waals surface area contributed by atoms with Gasteiger partial charge in [-0.05, 0) is 32.6 Å². The molecule has 1 rings (SSSR count). The molecule has 2 N–H and O–H groups in total. The second-order valence-corrected chi connectivity index (χ2v) is 6.37. The monoisotopic (exact) mass is 257 g/mol. The number of aliphatic hydroxyl groups excluding tert-OH is 1. The third kappa shape index (κ3) is 3.69. The maximum atomic E-state index is 11.6. The van der Waals surface area contributed by atoms with E-state index in [1.54, 1.807) is 0 Å². The molecule has 0 bridgehead atoms. The molecule has 0 heterocycles. The first kappa shape index (κ1) is 15.4. The number of hydrogen-bond acceptors (Lipinski definition) is 4. The Morgan fingerprint density at radius 1 is 1.56 bits per heavy atom. The molecule has 0 aromatic carbocycles. The first-order valence-corrected chi connectivity index (χ1v) is 6.79. The van der Waals surface area contributed by atoms with Crippen LogP contribution in [0.2, 0.25) is 0 Å². The Labute approximate surface area is 110 Å². The Morgan fingerprint density at radius 2 is 2.22 bits per heavy atom. The fourth-order valence-corrected chi connectivity index (χ4v) is 2.78. The summed E-state index contributed by atoms with van der Waals surface area (Å²) >= 11 is 0. The number of nitrogens with one attached hydrogen (secondary N) is 1. The summed E-state index contributed by atoms with van der Waals surface area (Å²) in [5.41, 5.74) is -0.777. The highest BCUT2D eigenvalue weighted by atomic mass is 16.5. The molecule has 2 unspecified atom stereocenters. The predicted molar refractivity (Wildman–Crippen MR) is 71.2 cm³/mol. The molecule has 0 saturated heterocycles. The average molecular weight is 257 g/mol. The van der Waals surface area contributed by atoms with Gasteiger partial charge >= 0.3 is 5.97 Å². The molecule has 4 heteroatoms. The number of aliphatic hydroxyl groups is 1. The molecular weight excluding hydrogens is 230 g/mol. The lowest BCUT2D eigenvalue weighted by Gasteiger charge is -2.41. The van der Waals surface area contributed by atoms with Crippen molar-refractivity contribution in [1.29, 1.82) is 0 Å². The molecule has 1 fully saturated rings. The number of methoxy groups -OCH3 is 1. The predicted octanol–water partition coefficient (Wildman–Crippen LogP) is 1.72. The zero-order valence-electron chi connectivity index (χ0n) is 12.1. The summed E-state index contributed by atoms with van der Waals surface area (Å²) in [6, 6.07) is 0. The van der Waals surface area contributed by atoms with Gasteiger partial charge < -0.3 is 15.2 Å². The quantitative estimate of drug-likeness (QED) is 0.736. The molecule has 0 amide bonds. The molecule has 0 radical (unpaired) electrons. The van der Waals surface area contributed by atoms with Gasteiger partial charge in [-0.15, -0.1) is 0 Å². The van der Waals surface area contributed by atoms with Crippen molar-refractivity contribution in [2.75, 3.05) is 20.3 Å². The molecule has 18 heavy (non-hydrogen) atoms. The van der Waals surface area contributed by atoms with E-state index in [1.165, 1.54) is 13.5 Å². The van der Waals surface area contributed by atoms with Crippen molar-refractivity contribution in [3.8, 4) is 0 Å². The molecule has 0 aromatic heterocycles. The van der Waals surface area contributed by atoms with E-state index < -0.39 is 5.41 Å². The molecule has 4 nitrogen and oxygen atoms in total. The van der Waals surface area contributed by atoms with E-state index in [1.807, 2.05) is 13.8 Å². The van der Waals surface area contributed by atoms with E-state index in [9.17, 15) is 9.90 Å². The molecule has 1 aliphatic carbocycles. The summed E-state index contributed by atoms with van der Waals surface area (Å²) in [6.45, 7) is 6.62. The van der Waals surface area contributed by atoms with Gasteiger partial charge in [-0.1, -0.05) is 19.8 Å². The van der Waals surface area contributed by atoms with Crippen molar-refractivity contribution in [3.63, 3.8) is 0 Å². The highest BCUT2D eigenvalue weighted by Crippen LogP contribution is 2.32. The molecule has 2 atom stereocenters. The minimum atomic E-state index is -0.558. The molecule has 1 saturated carbocycles. The Hall–Kier alpha value is -0.610. The number of hydrogen-bond donors (Lipinski definition) is 2. The van der Waals surface area contributed by atoms with Gasteiger partial charge in [-0.2, -0.15) is 0 Å².